The molecule has 0 fully saturated rings. The first-order valence-electron chi connectivity index (χ1n) is 6.90. The Balaban J connectivity index is 2.32. The third-order valence-electron chi connectivity index (χ3n) is 3.61. The number of nitrogens with zero attached hydrogens (tertiary/aromatic N) is 1. The molecule has 0 aliphatic rings. The van der Waals surface area contributed by atoms with E-state index in [0.29, 0.717) is 11.1 Å². The molecule has 0 bridgehead atoms. The summed E-state index contributed by atoms with van der Waals surface area (Å²) < 4.78 is 39.5. The summed E-state index contributed by atoms with van der Waals surface area (Å²) in [5, 5.41) is 0.696. The molecule has 3 rings (SSSR count). The molecule has 0 unspecified atom stereocenters. The summed E-state index contributed by atoms with van der Waals surface area (Å²) in [6.07, 6.45) is -2.94. The summed E-state index contributed by atoms with van der Waals surface area (Å²) in [5.41, 5.74) is 2.90. The van der Waals surface area contributed by atoms with Crippen molar-refractivity contribution in [1.82, 2.24) is 4.98 Å². The maximum absolute atomic E-state index is 13.2. The average molecular weight is 301 g/mol. The van der Waals surface area contributed by atoms with E-state index < -0.39 is 11.7 Å². The van der Waals surface area contributed by atoms with E-state index in [1.165, 1.54) is 18.3 Å². The number of rotatable bonds is 1. The highest BCUT2D eigenvalue weighted by Gasteiger charge is 2.32. The average Bonchev–Trinajstić information content (AvgIpc) is 2.44. The molecule has 0 aliphatic carbocycles. The number of benzene rings is 2. The van der Waals surface area contributed by atoms with Gasteiger partial charge in [-0.25, -0.2) is 0 Å². The molecule has 3 aromatic rings. The second kappa shape index (κ2) is 5.13. The molecule has 0 aliphatic heterocycles. The molecule has 1 aromatic heterocycles. The molecule has 0 atom stereocenters. The highest BCUT2D eigenvalue weighted by atomic mass is 19.4. The zero-order valence-corrected chi connectivity index (χ0v) is 12.2. The smallest absolute Gasteiger partial charge is 0.256 e. The Morgan fingerprint density at radius 1 is 0.864 bits per heavy atom. The standard InChI is InChI=1S/C18H14F3N/c1-11-8-12(2)10-13(9-11)17-15-4-3-5-16(18(19,20)21)14(15)6-7-22-17/h3-10H,1-2H3. The normalized spacial score (nSPS) is 11.9. The lowest BCUT2D eigenvalue weighted by atomic mass is 9.98. The van der Waals surface area contributed by atoms with Crippen LogP contribution in [0.4, 0.5) is 13.2 Å². The monoisotopic (exact) mass is 301 g/mol. The van der Waals surface area contributed by atoms with Gasteiger partial charge in [-0.05, 0) is 43.5 Å². The molecule has 2 aromatic carbocycles. The fourth-order valence-corrected chi connectivity index (χ4v) is 2.80. The van der Waals surface area contributed by atoms with E-state index in [1.807, 2.05) is 32.0 Å². The summed E-state index contributed by atoms with van der Waals surface area (Å²) in [6.45, 7) is 3.92. The van der Waals surface area contributed by atoms with E-state index in [-0.39, 0.29) is 5.39 Å². The van der Waals surface area contributed by atoms with E-state index in [9.17, 15) is 13.2 Å². The number of fused-ring (bicyclic) bond motifs is 1. The lowest BCUT2D eigenvalue weighted by molar-refractivity contribution is -0.136. The van der Waals surface area contributed by atoms with Gasteiger partial charge in [-0.3, -0.25) is 4.98 Å². The molecule has 0 radical (unpaired) electrons. The Kier molecular flexibility index (Phi) is 3.39. The molecule has 0 amide bonds. The number of alkyl halides is 3. The Morgan fingerprint density at radius 2 is 1.55 bits per heavy atom. The Bertz CT molecular complexity index is 830. The van der Waals surface area contributed by atoms with E-state index in [4.69, 9.17) is 0 Å². The molecule has 1 heterocycles. The van der Waals surface area contributed by atoms with Crippen molar-refractivity contribution < 1.29 is 13.2 Å². The van der Waals surface area contributed by atoms with Crippen LogP contribution in [-0.4, -0.2) is 4.98 Å². The van der Waals surface area contributed by atoms with Gasteiger partial charge in [-0.15, -0.1) is 0 Å². The van der Waals surface area contributed by atoms with Gasteiger partial charge in [0.1, 0.15) is 0 Å². The van der Waals surface area contributed by atoms with Crippen molar-refractivity contribution in [2.45, 2.75) is 20.0 Å². The van der Waals surface area contributed by atoms with Crippen LogP contribution >= 0.6 is 0 Å². The molecule has 0 N–H and O–H groups in total. The first-order chi connectivity index (χ1) is 10.4. The predicted molar refractivity (Wildman–Crippen MR) is 81.7 cm³/mol. The van der Waals surface area contributed by atoms with Crippen molar-refractivity contribution in [3.8, 4) is 11.3 Å². The SMILES string of the molecule is Cc1cc(C)cc(-c2nccc3c(C(F)(F)F)cccc23)c1. The lowest BCUT2D eigenvalue weighted by Gasteiger charge is -2.13. The number of halogens is 3. The Morgan fingerprint density at radius 3 is 2.18 bits per heavy atom. The predicted octanol–water partition coefficient (Wildman–Crippen LogP) is 5.54. The minimum absolute atomic E-state index is 0.180. The van der Waals surface area contributed by atoms with Crippen molar-refractivity contribution in [3.63, 3.8) is 0 Å². The van der Waals surface area contributed by atoms with E-state index in [0.717, 1.165) is 22.8 Å². The van der Waals surface area contributed by atoms with Crippen LogP contribution in [0.2, 0.25) is 0 Å². The molecule has 0 saturated carbocycles. The second-order valence-corrected chi connectivity index (χ2v) is 5.43. The highest BCUT2D eigenvalue weighted by molar-refractivity contribution is 5.96. The van der Waals surface area contributed by atoms with E-state index in [1.54, 1.807) is 6.07 Å². The van der Waals surface area contributed by atoms with Gasteiger partial charge >= 0.3 is 6.18 Å². The number of hydrogen-bond donors (Lipinski definition) is 0. The molecule has 0 spiro atoms. The van der Waals surface area contributed by atoms with Gasteiger partial charge in [0.25, 0.3) is 0 Å². The maximum atomic E-state index is 13.2. The minimum Gasteiger partial charge on any atom is -0.256 e. The van der Waals surface area contributed by atoms with Crippen molar-refractivity contribution >= 4 is 10.8 Å². The largest absolute Gasteiger partial charge is 0.417 e. The molecular formula is C18H14F3N. The van der Waals surface area contributed by atoms with Crippen LogP contribution in [-0.2, 0) is 6.18 Å². The van der Waals surface area contributed by atoms with Crippen LogP contribution in [0.25, 0.3) is 22.0 Å². The maximum Gasteiger partial charge on any atom is 0.417 e. The molecule has 1 nitrogen and oxygen atoms in total. The summed E-state index contributed by atoms with van der Waals surface area (Å²) >= 11 is 0. The van der Waals surface area contributed by atoms with Crippen LogP contribution in [0.1, 0.15) is 16.7 Å². The zero-order chi connectivity index (χ0) is 15.9. The third-order valence-corrected chi connectivity index (χ3v) is 3.61. The van der Waals surface area contributed by atoms with Crippen molar-refractivity contribution in [1.29, 1.82) is 0 Å². The van der Waals surface area contributed by atoms with Crippen molar-refractivity contribution in [3.05, 3.63) is 65.4 Å². The number of aromatic nitrogens is 1. The van der Waals surface area contributed by atoms with Crippen LogP contribution in [0.15, 0.2) is 48.7 Å². The van der Waals surface area contributed by atoms with E-state index in [2.05, 4.69) is 4.98 Å². The zero-order valence-electron chi connectivity index (χ0n) is 12.2. The molecule has 4 heteroatoms. The summed E-state index contributed by atoms with van der Waals surface area (Å²) in [4.78, 5) is 4.32. The quantitative estimate of drug-likeness (QED) is 0.575. The molecule has 0 saturated heterocycles. The summed E-state index contributed by atoms with van der Waals surface area (Å²) in [5.74, 6) is 0. The van der Waals surface area contributed by atoms with Gasteiger partial charge in [0.2, 0.25) is 0 Å². The van der Waals surface area contributed by atoms with Gasteiger partial charge in [0, 0.05) is 17.1 Å². The first kappa shape index (κ1) is 14.6. The van der Waals surface area contributed by atoms with Crippen LogP contribution in [0.5, 0.6) is 0 Å². The third kappa shape index (κ3) is 2.56. The summed E-state index contributed by atoms with van der Waals surface area (Å²) in [7, 11) is 0. The van der Waals surface area contributed by atoms with Crippen molar-refractivity contribution in [2.24, 2.45) is 0 Å². The van der Waals surface area contributed by atoms with Gasteiger partial charge < -0.3 is 0 Å². The second-order valence-electron chi connectivity index (χ2n) is 5.43. The van der Waals surface area contributed by atoms with Crippen LogP contribution in [0, 0.1) is 13.8 Å². The molecule has 22 heavy (non-hydrogen) atoms. The topological polar surface area (TPSA) is 12.9 Å². The van der Waals surface area contributed by atoms with Gasteiger partial charge in [0.05, 0.1) is 11.3 Å². The van der Waals surface area contributed by atoms with Gasteiger partial charge in [-0.2, -0.15) is 13.2 Å². The fourth-order valence-electron chi connectivity index (χ4n) is 2.80. The Labute approximate surface area is 126 Å². The lowest BCUT2D eigenvalue weighted by Crippen LogP contribution is -2.05. The van der Waals surface area contributed by atoms with Crippen LogP contribution < -0.4 is 0 Å². The van der Waals surface area contributed by atoms with E-state index >= 15 is 0 Å². The van der Waals surface area contributed by atoms with Crippen LogP contribution in [0.3, 0.4) is 0 Å². The Hall–Kier alpha value is -2.36. The minimum atomic E-state index is -4.37. The highest BCUT2D eigenvalue weighted by Crippen LogP contribution is 2.37. The van der Waals surface area contributed by atoms with Gasteiger partial charge in [0.15, 0.2) is 0 Å². The first-order valence-corrected chi connectivity index (χ1v) is 6.90. The number of pyridine rings is 1. The van der Waals surface area contributed by atoms with Crippen molar-refractivity contribution in [2.75, 3.05) is 0 Å². The number of aryl methyl sites for hydroxylation is 2. The molecule has 112 valence electrons. The van der Waals surface area contributed by atoms with Gasteiger partial charge in [-0.1, -0.05) is 29.3 Å². The molecular weight excluding hydrogens is 287 g/mol. The summed E-state index contributed by atoms with van der Waals surface area (Å²) in [6, 6.07) is 11.5. The fraction of sp³-hybridized carbons (Fsp3) is 0.167. The number of hydrogen-bond acceptors (Lipinski definition) is 1.